The lowest BCUT2D eigenvalue weighted by molar-refractivity contribution is -0.317. The van der Waals surface area contributed by atoms with Crippen molar-refractivity contribution in [2.75, 3.05) is 12.3 Å². The molecule has 1 amide bonds. The monoisotopic (exact) mass is 372 g/mol. The third-order valence-corrected chi connectivity index (χ3v) is 3.80. The maximum Gasteiger partial charge on any atom is 0.274 e. The van der Waals surface area contributed by atoms with Gasteiger partial charge in [0.1, 0.15) is 24.1 Å². The minimum absolute atomic E-state index is 0.345. The molecule has 1 aromatic heterocycles. The summed E-state index contributed by atoms with van der Waals surface area (Å²) in [6.07, 6.45) is -5.25. The van der Waals surface area contributed by atoms with Gasteiger partial charge >= 0.3 is 0 Å². The summed E-state index contributed by atoms with van der Waals surface area (Å²) in [7, 11) is 0. The van der Waals surface area contributed by atoms with Gasteiger partial charge in [-0.3, -0.25) is 9.36 Å². The van der Waals surface area contributed by atoms with Crippen LogP contribution in [-0.4, -0.2) is 73.7 Å². The molecule has 0 spiro atoms. The number of aliphatic hydroxyl groups is 3. The Hall–Kier alpha value is -2.74. The zero-order chi connectivity index (χ0) is 19.6. The van der Waals surface area contributed by atoms with Gasteiger partial charge in [0, 0.05) is 12.4 Å². The molecule has 1 aliphatic heterocycles. The SMILES string of the molecule is Nc1c(C(=O)NC(CC(=O)[O-])C(=O)[O-])ncn1[C@@H]1O[C@H](CO)[C@H](O)[C@@H]1O. The highest BCUT2D eigenvalue weighted by Gasteiger charge is 2.44. The molecule has 2 heterocycles. The first-order valence-corrected chi connectivity index (χ1v) is 7.33. The number of carboxylic acid groups (broad SMARTS) is 2. The van der Waals surface area contributed by atoms with Crippen LogP contribution in [-0.2, 0) is 14.3 Å². The van der Waals surface area contributed by atoms with Crippen molar-refractivity contribution in [1.29, 1.82) is 0 Å². The molecule has 1 aliphatic rings. The second-order valence-corrected chi connectivity index (χ2v) is 5.54. The largest absolute Gasteiger partial charge is 0.550 e. The van der Waals surface area contributed by atoms with Gasteiger partial charge in [-0.15, -0.1) is 0 Å². The summed E-state index contributed by atoms with van der Waals surface area (Å²) in [5.74, 6) is -5.01. The average molecular weight is 372 g/mol. The second-order valence-electron chi connectivity index (χ2n) is 5.54. The number of aromatic nitrogens is 2. The molecular weight excluding hydrogens is 356 g/mol. The van der Waals surface area contributed by atoms with Gasteiger partial charge in [0.15, 0.2) is 11.9 Å². The second kappa shape index (κ2) is 7.65. The summed E-state index contributed by atoms with van der Waals surface area (Å²) in [4.78, 5) is 37.2. The van der Waals surface area contributed by atoms with Crippen LogP contribution in [0.5, 0.6) is 0 Å². The van der Waals surface area contributed by atoms with Gasteiger partial charge in [-0.2, -0.15) is 0 Å². The molecule has 1 aromatic rings. The number of ether oxygens (including phenoxy) is 1. The quantitative estimate of drug-likeness (QED) is 0.303. The number of nitrogen functional groups attached to an aromatic ring is 1. The molecule has 0 aliphatic carbocycles. The van der Waals surface area contributed by atoms with E-state index in [-0.39, 0.29) is 5.82 Å². The predicted molar refractivity (Wildman–Crippen MR) is 75.5 cm³/mol. The van der Waals surface area contributed by atoms with E-state index in [9.17, 15) is 34.8 Å². The van der Waals surface area contributed by atoms with Crippen molar-refractivity contribution in [3.05, 3.63) is 12.0 Å². The third-order valence-electron chi connectivity index (χ3n) is 3.80. The number of imidazole rings is 1. The highest BCUT2D eigenvalue weighted by molar-refractivity contribution is 5.99. The minimum Gasteiger partial charge on any atom is -0.550 e. The Morgan fingerprint density at radius 3 is 2.50 bits per heavy atom. The lowest BCUT2D eigenvalue weighted by Crippen LogP contribution is -2.50. The molecule has 0 bridgehead atoms. The zero-order valence-corrected chi connectivity index (χ0v) is 13.1. The molecule has 26 heavy (non-hydrogen) atoms. The van der Waals surface area contributed by atoms with Crippen LogP contribution < -0.4 is 21.3 Å². The molecule has 0 saturated carbocycles. The van der Waals surface area contributed by atoms with E-state index < -0.39 is 67.1 Å². The van der Waals surface area contributed by atoms with Crippen LogP contribution in [0, 0.1) is 0 Å². The van der Waals surface area contributed by atoms with Crippen molar-refractivity contribution in [3.63, 3.8) is 0 Å². The third kappa shape index (κ3) is 3.75. The number of amides is 1. The molecule has 1 unspecified atom stereocenters. The van der Waals surface area contributed by atoms with Crippen LogP contribution in [0.25, 0.3) is 0 Å². The molecule has 5 atom stereocenters. The van der Waals surface area contributed by atoms with Crippen molar-refractivity contribution in [2.24, 2.45) is 0 Å². The summed E-state index contributed by atoms with van der Waals surface area (Å²) in [6, 6.07) is -1.87. The summed E-state index contributed by atoms with van der Waals surface area (Å²) >= 11 is 0. The normalized spacial score (nSPS) is 26.4. The number of carboxylic acids is 2. The summed E-state index contributed by atoms with van der Waals surface area (Å²) < 4.78 is 6.24. The molecule has 2 rings (SSSR count). The van der Waals surface area contributed by atoms with E-state index >= 15 is 0 Å². The van der Waals surface area contributed by atoms with Crippen LogP contribution in [0.3, 0.4) is 0 Å². The number of aliphatic carboxylic acids is 2. The molecule has 0 radical (unpaired) electrons. The standard InChI is InChI=1S/C13H18N4O9/c14-10-7(11(23)16-4(13(24)25)1-6(19)20)15-3-17(10)12-9(22)8(21)5(2-18)26-12/h3-5,8-9,12,18,21-22H,1-2,14H2,(H,16,23)(H,19,20)(H,24,25)/p-2/t4?,5-,8+,9+,12-/m1/s1. The van der Waals surface area contributed by atoms with E-state index in [1.165, 1.54) is 0 Å². The van der Waals surface area contributed by atoms with E-state index in [2.05, 4.69) is 4.98 Å². The van der Waals surface area contributed by atoms with Crippen LogP contribution in [0.4, 0.5) is 5.82 Å². The molecule has 0 aromatic carbocycles. The molecule has 1 saturated heterocycles. The smallest absolute Gasteiger partial charge is 0.274 e. The van der Waals surface area contributed by atoms with Crippen LogP contribution in [0.1, 0.15) is 23.1 Å². The van der Waals surface area contributed by atoms with Crippen LogP contribution in [0.2, 0.25) is 0 Å². The number of anilines is 1. The Kier molecular flexibility index (Phi) is 5.76. The first-order valence-electron chi connectivity index (χ1n) is 7.33. The highest BCUT2D eigenvalue weighted by Crippen LogP contribution is 2.31. The molecule has 13 heteroatoms. The number of hydrogen-bond donors (Lipinski definition) is 5. The minimum atomic E-state index is -1.87. The maximum absolute atomic E-state index is 12.1. The predicted octanol–water partition coefficient (Wildman–Crippen LogP) is -5.93. The number of nitrogens with zero attached hydrogens (tertiary/aromatic N) is 2. The van der Waals surface area contributed by atoms with Gasteiger partial charge in [0.05, 0.1) is 24.9 Å². The fraction of sp³-hybridized carbons (Fsp3) is 0.538. The van der Waals surface area contributed by atoms with E-state index in [1.54, 1.807) is 0 Å². The van der Waals surface area contributed by atoms with E-state index in [0.29, 0.717) is 0 Å². The molecule has 6 N–H and O–H groups in total. The van der Waals surface area contributed by atoms with Crippen molar-refractivity contribution in [2.45, 2.75) is 37.0 Å². The van der Waals surface area contributed by atoms with E-state index in [1.807, 2.05) is 5.32 Å². The molecule has 144 valence electrons. The Bertz CT molecular complexity index is 706. The number of nitrogens with one attached hydrogen (secondary N) is 1. The van der Waals surface area contributed by atoms with Crippen molar-refractivity contribution < 1.29 is 44.7 Å². The zero-order valence-electron chi connectivity index (χ0n) is 13.1. The fourth-order valence-corrected chi connectivity index (χ4v) is 2.44. The number of aliphatic hydroxyl groups excluding tert-OH is 3. The summed E-state index contributed by atoms with van der Waals surface area (Å²) in [5, 5.41) is 52.0. The molecular formula is C13H16N4O9-2. The number of hydrogen-bond acceptors (Lipinski definition) is 11. The molecule has 1 fully saturated rings. The number of nitrogens with two attached hydrogens (primary N) is 1. The molecule has 13 nitrogen and oxygen atoms in total. The van der Waals surface area contributed by atoms with Crippen molar-refractivity contribution >= 4 is 23.7 Å². The topological polar surface area (TPSA) is 223 Å². The Labute approximate surface area is 145 Å². The Morgan fingerprint density at radius 1 is 1.35 bits per heavy atom. The average Bonchev–Trinajstić information content (AvgIpc) is 3.07. The van der Waals surface area contributed by atoms with E-state index in [4.69, 9.17) is 15.6 Å². The van der Waals surface area contributed by atoms with E-state index in [0.717, 1.165) is 10.9 Å². The van der Waals surface area contributed by atoms with Gasteiger partial charge < -0.3 is 50.9 Å². The van der Waals surface area contributed by atoms with Gasteiger partial charge in [-0.05, 0) is 0 Å². The highest BCUT2D eigenvalue weighted by atomic mass is 16.6. The lowest BCUT2D eigenvalue weighted by atomic mass is 10.1. The summed E-state index contributed by atoms with van der Waals surface area (Å²) in [5.41, 5.74) is 5.28. The number of rotatable bonds is 7. The lowest BCUT2D eigenvalue weighted by Gasteiger charge is -2.20. The van der Waals surface area contributed by atoms with Gasteiger partial charge in [-0.1, -0.05) is 0 Å². The van der Waals surface area contributed by atoms with Crippen LogP contribution in [0.15, 0.2) is 6.33 Å². The first-order chi connectivity index (χ1) is 12.2. The van der Waals surface area contributed by atoms with Crippen LogP contribution >= 0.6 is 0 Å². The summed E-state index contributed by atoms with van der Waals surface area (Å²) in [6.45, 7) is -0.576. The van der Waals surface area contributed by atoms with Gasteiger partial charge in [-0.25, -0.2) is 4.98 Å². The van der Waals surface area contributed by atoms with Crippen molar-refractivity contribution in [3.8, 4) is 0 Å². The van der Waals surface area contributed by atoms with Gasteiger partial charge in [0.25, 0.3) is 5.91 Å². The van der Waals surface area contributed by atoms with Gasteiger partial charge in [0.2, 0.25) is 0 Å². The Balaban J connectivity index is 2.19. The van der Waals surface area contributed by atoms with Crippen molar-refractivity contribution in [1.82, 2.24) is 14.9 Å². The fourth-order valence-electron chi connectivity index (χ4n) is 2.44. The first kappa shape index (κ1) is 19.6. The number of carbonyl (C=O) groups excluding carboxylic acids is 3. The number of carbonyl (C=O) groups is 3. The maximum atomic E-state index is 12.1. The Morgan fingerprint density at radius 2 is 2.00 bits per heavy atom.